The van der Waals surface area contributed by atoms with E-state index in [2.05, 4.69) is 15.7 Å². The number of anilines is 1. The number of nitrogens with one attached hydrogen (secondary N) is 2. The first kappa shape index (κ1) is 14.1. The van der Waals surface area contributed by atoms with E-state index in [1.54, 1.807) is 15.8 Å². The molecule has 2 aliphatic heterocycles. The van der Waals surface area contributed by atoms with Crippen molar-refractivity contribution in [2.45, 2.75) is 37.8 Å². The van der Waals surface area contributed by atoms with E-state index in [0.29, 0.717) is 13.0 Å². The van der Waals surface area contributed by atoms with Crippen LogP contribution in [0.5, 0.6) is 0 Å². The fraction of sp³-hybridized carbons (Fsp3) is 0.643. The van der Waals surface area contributed by atoms with E-state index in [9.17, 15) is 9.59 Å². The molecule has 7 nitrogen and oxygen atoms in total. The number of piperidine rings is 1. The molecule has 0 bridgehead atoms. The predicted octanol–water partition coefficient (Wildman–Crippen LogP) is -0.216. The third-order valence-corrected chi connectivity index (χ3v) is 4.13. The Morgan fingerprint density at radius 1 is 1.43 bits per heavy atom. The van der Waals surface area contributed by atoms with Gasteiger partial charge in [0.1, 0.15) is 6.04 Å². The van der Waals surface area contributed by atoms with Crippen LogP contribution in [0.25, 0.3) is 0 Å². The maximum atomic E-state index is 12.5. The Kier molecular flexibility index (Phi) is 3.92. The number of nitrogens with zero attached hydrogens (tertiary/aromatic N) is 3. The van der Waals surface area contributed by atoms with Gasteiger partial charge in [0, 0.05) is 19.8 Å². The second-order valence-corrected chi connectivity index (χ2v) is 5.71. The zero-order chi connectivity index (χ0) is 14.8. The molecule has 2 fully saturated rings. The second kappa shape index (κ2) is 5.85. The summed E-state index contributed by atoms with van der Waals surface area (Å²) in [5, 5.41) is 10.2. The van der Waals surface area contributed by atoms with Crippen molar-refractivity contribution in [3.05, 3.63) is 12.4 Å². The van der Waals surface area contributed by atoms with E-state index < -0.39 is 6.04 Å². The number of rotatable bonds is 3. The summed E-state index contributed by atoms with van der Waals surface area (Å²) in [7, 11) is 1.82. The van der Waals surface area contributed by atoms with Gasteiger partial charge in [0.25, 0.3) is 0 Å². The third-order valence-electron chi connectivity index (χ3n) is 4.13. The number of amides is 2. The lowest BCUT2D eigenvalue weighted by molar-refractivity contribution is -0.129. The normalized spacial score (nSPS) is 26.1. The van der Waals surface area contributed by atoms with E-state index in [-0.39, 0.29) is 17.9 Å². The first-order valence-electron chi connectivity index (χ1n) is 7.49. The van der Waals surface area contributed by atoms with Gasteiger partial charge in [-0.3, -0.25) is 14.3 Å². The Labute approximate surface area is 123 Å². The summed E-state index contributed by atoms with van der Waals surface area (Å²) in [6, 6.07) is -0.569. The molecule has 2 unspecified atom stereocenters. The van der Waals surface area contributed by atoms with Crippen LogP contribution in [0, 0.1) is 0 Å². The van der Waals surface area contributed by atoms with Gasteiger partial charge in [-0.15, -0.1) is 0 Å². The lowest BCUT2D eigenvalue weighted by atomic mass is 10.0. The minimum Gasteiger partial charge on any atom is -0.343 e. The first-order valence-corrected chi connectivity index (χ1v) is 7.49. The van der Waals surface area contributed by atoms with Crippen molar-refractivity contribution < 1.29 is 9.59 Å². The highest BCUT2D eigenvalue weighted by atomic mass is 16.2. The predicted molar refractivity (Wildman–Crippen MR) is 77.8 cm³/mol. The number of carbonyl (C=O) groups is 2. The van der Waals surface area contributed by atoms with Crippen LogP contribution in [-0.4, -0.2) is 46.8 Å². The molecule has 21 heavy (non-hydrogen) atoms. The number of aromatic nitrogens is 2. The van der Waals surface area contributed by atoms with Crippen LogP contribution in [0.15, 0.2) is 12.4 Å². The molecule has 114 valence electrons. The monoisotopic (exact) mass is 291 g/mol. The van der Waals surface area contributed by atoms with Gasteiger partial charge in [0.15, 0.2) is 0 Å². The second-order valence-electron chi connectivity index (χ2n) is 5.71. The van der Waals surface area contributed by atoms with Crippen molar-refractivity contribution in [3.63, 3.8) is 0 Å². The average molecular weight is 291 g/mol. The molecule has 2 saturated heterocycles. The maximum absolute atomic E-state index is 12.5. The Morgan fingerprint density at radius 3 is 2.95 bits per heavy atom. The summed E-state index contributed by atoms with van der Waals surface area (Å²) in [6.07, 6.45) is 6.94. The van der Waals surface area contributed by atoms with E-state index in [4.69, 9.17) is 0 Å². The minimum atomic E-state index is -0.422. The lowest BCUT2D eigenvalue weighted by Gasteiger charge is -2.32. The molecular formula is C14H21N5O2. The quantitative estimate of drug-likeness (QED) is 0.807. The van der Waals surface area contributed by atoms with Gasteiger partial charge < -0.3 is 15.5 Å². The highest BCUT2D eigenvalue weighted by Gasteiger charge is 2.33. The van der Waals surface area contributed by atoms with Gasteiger partial charge in [0.05, 0.1) is 17.9 Å². The molecule has 2 atom stereocenters. The van der Waals surface area contributed by atoms with Gasteiger partial charge >= 0.3 is 0 Å². The maximum Gasteiger partial charge on any atom is 0.249 e. The van der Waals surface area contributed by atoms with E-state index in [1.807, 2.05) is 13.2 Å². The summed E-state index contributed by atoms with van der Waals surface area (Å²) in [5.41, 5.74) is 0.792. The van der Waals surface area contributed by atoms with Gasteiger partial charge in [0.2, 0.25) is 11.8 Å². The van der Waals surface area contributed by atoms with Crippen molar-refractivity contribution in [2.75, 3.05) is 18.0 Å². The van der Waals surface area contributed by atoms with Crippen LogP contribution in [0.1, 0.15) is 25.7 Å². The molecule has 3 heterocycles. The minimum absolute atomic E-state index is 0.0411. The molecule has 3 rings (SSSR count). The van der Waals surface area contributed by atoms with Crippen LogP contribution < -0.4 is 15.5 Å². The third kappa shape index (κ3) is 2.92. The summed E-state index contributed by atoms with van der Waals surface area (Å²) in [6.45, 7) is 1.55. The molecule has 0 saturated carbocycles. The number of hydrogen-bond acceptors (Lipinski definition) is 4. The van der Waals surface area contributed by atoms with Crippen LogP contribution in [0.2, 0.25) is 0 Å². The molecule has 0 aliphatic carbocycles. The SMILES string of the molecule is Cn1cc(N2CCCC(NC(=O)C3CCCN3)C2=O)cn1. The largest absolute Gasteiger partial charge is 0.343 e. The van der Waals surface area contributed by atoms with E-state index in [0.717, 1.165) is 31.5 Å². The van der Waals surface area contributed by atoms with Crippen LogP contribution in [0.3, 0.4) is 0 Å². The van der Waals surface area contributed by atoms with Crippen molar-refractivity contribution in [1.29, 1.82) is 0 Å². The molecule has 2 aliphatic rings. The van der Waals surface area contributed by atoms with Crippen LogP contribution in [0.4, 0.5) is 5.69 Å². The molecule has 2 N–H and O–H groups in total. The average Bonchev–Trinajstić information content (AvgIpc) is 3.12. The van der Waals surface area contributed by atoms with Gasteiger partial charge in [-0.1, -0.05) is 0 Å². The molecule has 0 radical (unpaired) electrons. The topological polar surface area (TPSA) is 79.3 Å². The fourth-order valence-corrected chi connectivity index (χ4v) is 2.99. The molecule has 1 aromatic heterocycles. The standard InChI is InChI=1S/C14H21N5O2/c1-18-9-10(8-16-18)19-7-3-5-12(14(19)21)17-13(20)11-4-2-6-15-11/h8-9,11-12,15H,2-7H2,1H3,(H,17,20). The fourth-order valence-electron chi connectivity index (χ4n) is 2.99. The Bertz CT molecular complexity index is 535. The number of hydrogen-bond donors (Lipinski definition) is 2. The summed E-state index contributed by atoms with van der Waals surface area (Å²) >= 11 is 0. The van der Waals surface area contributed by atoms with Gasteiger partial charge in [-0.25, -0.2) is 0 Å². The summed E-state index contributed by atoms with van der Waals surface area (Å²) in [4.78, 5) is 26.4. The van der Waals surface area contributed by atoms with E-state index >= 15 is 0 Å². The zero-order valence-electron chi connectivity index (χ0n) is 12.2. The summed E-state index contributed by atoms with van der Waals surface area (Å²) < 4.78 is 1.67. The van der Waals surface area contributed by atoms with Crippen LogP contribution >= 0.6 is 0 Å². The summed E-state index contributed by atoms with van der Waals surface area (Å²) in [5.74, 6) is -0.0977. The molecule has 1 aromatic rings. The number of aryl methyl sites for hydroxylation is 1. The molecule has 0 aromatic carbocycles. The smallest absolute Gasteiger partial charge is 0.249 e. The first-order chi connectivity index (χ1) is 10.1. The van der Waals surface area contributed by atoms with Gasteiger partial charge in [-0.2, -0.15) is 5.10 Å². The molecule has 0 spiro atoms. The Morgan fingerprint density at radius 2 is 2.29 bits per heavy atom. The highest BCUT2D eigenvalue weighted by molar-refractivity contribution is 6.00. The van der Waals surface area contributed by atoms with Crippen LogP contribution in [-0.2, 0) is 16.6 Å². The van der Waals surface area contributed by atoms with Gasteiger partial charge in [-0.05, 0) is 32.2 Å². The zero-order valence-corrected chi connectivity index (χ0v) is 12.2. The molecular weight excluding hydrogens is 270 g/mol. The lowest BCUT2D eigenvalue weighted by Crippen LogP contribution is -2.55. The Hall–Kier alpha value is -1.89. The van der Waals surface area contributed by atoms with E-state index in [1.165, 1.54) is 0 Å². The van der Waals surface area contributed by atoms with Crippen molar-refractivity contribution >= 4 is 17.5 Å². The van der Waals surface area contributed by atoms with Crippen molar-refractivity contribution in [2.24, 2.45) is 7.05 Å². The van der Waals surface area contributed by atoms with Crippen molar-refractivity contribution in [1.82, 2.24) is 20.4 Å². The van der Waals surface area contributed by atoms with Crippen molar-refractivity contribution in [3.8, 4) is 0 Å². The highest BCUT2D eigenvalue weighted by Crippen LogP contribution is 2.20. The Balaban J connectivity index is 1.65. The number of carbonyl (C=O) groups excluding carboxylic acids is 2. The molecule has 7 heteroatoms. The molecule has 2 amide bonds.